The van der Waals surface area contributed by atoms with E-state index in [1.807, 2.05) is 36.4 Å². The molecule has 2 heteroatoms. The van der Waals surface area contributed by atoms with Gasteiger partial charge >= 0.3 is 0 Å². The lowest BCUT2D eigenvalue weighted by molar-refractivity contribution is 0.0907. The highest BCUT2D eigenvalue weighted by atomic mass is 16.6. The van der Waals surface area contributed by atoms with Crippen LogP contribution in [0, 0.1) is 5.92 Å². The van der Waals surface area contributed by atoms with Crippen LogP contribution in [0.15, 0.2) is 30.3 Å². The summed E-state index contributed by atoms with van der Waals surface area (Å²) in [6.07, 6.45) is 3.96. The monoisotopic (exact) mass is 214 g/mol. The van der Waals surface area contributed by atoms with E-state index in [1.165, 1.54) is 0 Å². The van der Waals surface area contributed by atoms with Crippen molar-refractivity contribution in [3.05, 3.63) is 41.5 Å². The summed E-state index contributed by atoms with van der Waals surface area (Å²) in [5.41, 5.74) is 1.13. The predicted molar refractivity (Wildman–Crippen MR) is 62.2 cm³/mol. The maximum atomic E-state index is 12.3. The van der Waals surface area contributed by atoms with Gasteiger partial charge in [0.25, 0.3) is 0 Å². The number of carbonyl (C=O) groups is 1. The molecule has 82 valence electrons. The van der Waals surface area contributed by atoms with E-state index in [9.17, 15) is 4.79 Å². The first-order valence-electron chi connectivity index (χ1n) is 5.66. The highest BCUT2D eigenvalue weighted by Crippen LogP contribution is 2.47. The number of ether oxygens (including phenoxy) is 1. The maximum absolute atomic E-state index is 12.3. The van der Waals surface area contributed by atoms with E-state index in [1.54, 1.807) is 0 Å². The van der Waals surface area contributed by atoms with Crippen molar-refractivity contribution < 1.29 is 9.53 Å². The van der Waals surface area contributed by atoms with Crippen LogP contribution in [0.3, 0.4) is 0 Å². The number of fused-ring (bicyclic) bond motifs is 1. The van der Waals surface area contributed by atoms with Gasteiger partial charge in [-0.25, -0.2) is 0 Å². The van der Waals surface area contributed by atoms with Gasteiger partial charge in [-0.2, -0.15) is 0 Å². The van der Waals surface area contributed by atoms with Gasteiger partial charge in [0, 0.05) is 5.56 Å². The number of carbonyl (C=O) groups excluding carboxylic acids is 1. The quantitative estimate of drug-likeness (QED) is 0.673. The topological polar surface area (TPSA) is 29.6 Å². The van der Waals surface area contributed by atoms with Gasteiger partial charge in [0.15, 0.2) is 5.60 Å². The number of ketones is 1. The van der Waals surface area contributed by atoms with Crippen molar-refractivity contribution in [2.24, 2.45) is 5.92 Å². The second-order valence-electron chi connectivity index (χ2n) is 4.83. The molecule has 1 spiro atoms. The molecule has 1 saturated heterocycles. The Morgan fingerprint density at radius 2 is 2.06 bits per heavy atom. The summed E-state index contributed by atoms with van der Waals surface area (Å²) in [7, 11) is 0. The standard InChI is InChI=1S/C14H14O2/c1-9(2)13-14(16-13)8-7-10-5-3-4-6-11(10)12(14)15/h3-9,13H,1-2H3/t13-,14-/m0/s1. The molecular formula is C14H14O2. The molecule has 16 heavy (non-hydrogen) atoms. The van der Waals surface area contributed by atoms with Gasteiger partial charge in [0.05, 0.1) is 0 Å². The van der Waals surface area contributed by atoms with Gasteiger partial charge in [-0.3, -0.25) is 4.79 Å². The molecule has 0 bridgehead atoms. The third kappa shape index (κ3) is 1.14. The largest absolute Gasteiger partial charge is 0.353 e. The van der Waals surface area contributed by atoms with Crippen LogP contribution in [0.5, 0.6) is 0 Å². The van der Waals surface area contributed by atoms with Crippen molar-refractivity contribution in [1.82, 2.24) is 0 Å². The molecule has 2 atom stereocenters. The summed E-state index contributed by atoms with van der Waals surface area (Å²) in [5.74, 6) is 0.489. The smallest absolute Gasteiger partial charge is 0.201 e. The lowest BCUT2D eigenvalue weighted by atomic mass is 9.83. The Labute approximate surface area is 94.9 Å². The van der Waals surface area contributed by atoms with E-state index in [0.717, 1.165) is 11.1 Å². The van der Waals surface area contributed by atoms with Crippen molar-refractivity contribution in [2.75, 3.05) is 0 Å². The summed E-state index contributed by atoms with van der Waals surface area (Å²) in [6.45, 7) is 4.17. The summed E-state index contributed by atoms with van der Waals surface area (Å²) >= 11 is 0. The summed E-state index contributed by atoms with van der Waals surface area (Å²) < 4.78 is 5.64. The molecule has 0 saturated carbocycles. The van der Waals surface area contributed by atoms with Crippen LogP contribution in [-0.4, -0.2) is 17.5 Å². The van der Waals surface area contributed by atoms with Gasteiger partial charge in [-0.05, 0) is 17.6 Å². The van der Waals surface area contributed by atoms with Crippen LogP contribution >= 0.6 is 0 Å². The van der Waals surface area contributed by atoms with E-state index in [4.69, 9.17) is 4.74 Å². The molecule has 3 rings (SSSR count). The second-order valence-corrected chi connectivity index (χ2v) is 4.83. The van der Waals surface area contributed by atoms with E-state index < -0.39 is 5.60 Å². The predicted octanol–water partition coefficient (Wildman–Crippen LogP) is 2.69. The summed E-state index contributed by atoms with van der Waals surface area (Å²) in [6, 6.07) is 7.68. The van der Waals surface area contributed by atoms with Crippen LogP contribution in [0.1, 0.15) is 29.8 Å². The van der Waals surface area contributed by atoms with E-state index in [0.29, 0.717) is 5.92 Å². The van der Waals surface area contributed by atoms with Crippen molar-refractivity contribution in [3.63, 3.8) is 0 Å². The fourth-order valence-electron chi connectivity index (χ4n) is 2.47. The normalized spacial score (nSPS) is 30.9. The van der Waals surface area contributed by atoms with E-state index in [2.05, 4.69) is 13.8 Å². The zero-order chi connectivity index (χ0) is 11.3. The number of hydrogen-bond donors (Lipinski definition) is 0. The lowest BCUT2D eigenvalue weighted by Gasteiger charge is -2.15. The third-order valence-electron chi connectivity index (χ3n) is 3.36. The minimum absolute atomic E-state index is 0.0459. The van der Waals surface area contributed by atoms with Crippen molar-refractivity contribution in [3.8, 4) is 0 Å². The number of Topliss-reactive ketones (excluding diaryl/α,β-unsaturated/α-hetero) is 1. The van der Waals surface area contributed by atoms with Crippen LogP contribution in [0.25, 0.3) is 6.08 Å². The third-order valence-corrected chi connectivity index (χ3v) is 3.36. The van der Waals surface area contributed by atoms with Crippen molar-refractivity contribution >= 4 is 11.9 Å². The van der Waals surface area contributed by atoms with Gasteiger partial charge in [-0.15, -0.1) is 0 Å². The molecule has 1 aliphatic heterocycles. The zero-order valence-corrected chi connectivity index (χ0v) is 9.44. The Kier molecular flexibility index (Phi) is 1.86. The molecular weight excluding hydrogens is 200 g/mol. The number of rotatable bonds is 1. The van der Waals surface area contributed by atoms with E-state index in [-0.39, 0.29) is 11.9 Å². The van der Waals surface area contributed by atoms with Gasteiger partial charge in [-0.1, -0.05) is 44.2 Å². The molecule has 0 N–H and O–H groups in total. The number of epoxide rings is 1. The first-order valence-corrected chi connectivity index (χ1v) is 5.66. The minimum atomic E-state index is -0.650. The molecule has 0 aromatic heterocycles. The van der Waals surface area contributed by atoms with Crippen LogP contribution in [0.4, 0.5) is 0 Å². The van der Waals surface area contributed by atoms with Gasteiger partial charge < -0.3 is 4.74 Å². The van der Waals surface area contributed by atoms with Crippen LogP contribution in [-0.2, 0) is 4.74 Å². The fourth-order valence-corrected chi connectivity index (χ4v) is 2.47. The molecule has 2 aliphatic rings. The molecule has 0 amide bonds. The molecule has 0 unspecified atom stereocenters. The molecule has 1 aromatic rings. The highest BCUT2D eigenvalue weighted by Gasteiger charge is 2.62. The van der Waals surface area contributed by atoms with Gasteiger partial charge in [0.1, 0.15) is 6.10 Å². The lowest BCUT2D eigenvalue weighted by Crippen LogP contribution is -2.29. The van der Waals surface area contributed by atoms with E-state index >= 15 is 0 Å². The molecule has 1 heterocycles. The van der Waals surface area contributed by atoms with Crippen LogP contribution < -0.4 is 0 Å². The minimum Gasteiger partial charge on any atom is -0.353 e. The Morgan fingerprint density at radius 3 is 2.75 bits per heavy atom. The zero-order valence-electron chi connectivity index (χ0n) is 9.44. The Bertz CT molecular complexity index is 487. The molecule has 0 radical (unpaired) electrons. The maximum Gasteiger partial charge on any atom is 0.201 e. The Hall–Kier alpha value is -1.41. The molecule has 2 nitrogen and oxygen atoms in total. The highest BCUT2D eigenvalue weighted by molar-refractivity contribution is 6.11. The summed E-state index contributed by atoms with van der Waals surface area (Å²) in [5, 5.41) is 0. The van der Waals surface area contributed by atoms with Gasteiger partial charge in [0.2, 0.25) is 5.78 Å². The number of hydrogen-bond acceptors (Lipinski definition) is 2. The molecule has 1 aromatic carbocycles. The average Bonchev–Trinajstić information content (AvgIpc) is 3.01. The van der Waals surface area contributed by atoms with Crippen molar-refractivity contribution in [1.29, 1.82) is 0 Å². The first kappa shape index (κ1) is 9.79. The van der Waals surface area contributed by atoms with Crippen LogP contribution in [0.2, 0.25) is 0 Å². The first-order chi connectivity index (χ1) is 7.65. The van der Waals surface area contributed by atoms with Crippen molar-refractivity contribution in [2.45, 2.75) is 25.6 Å². The molecule has 1 fully saturated rings. The Balaban J connectivity index is 2.04. The SMILES string of the molecule is CC(C)[C@@H]1O[C@]12C=Cc1ccccc1C2=O. The fraction of sp³-hybridized carbons (Fsp3) is 0.357. The average molecular weight is 214 g/mol. The second kappa shape index (κ2) is 3.05. The number of benzene rings is 1. The Morgan fingerprint density at radius 1 is 1.31 bits per heavy atom. The molecule has 1 aliphatic carbocycles. The summed E-state index contributed by atoms with van der Waals surface area (Å²) in [4.78, 5) is 12.3.